The van der Waals surface area contributed by atoms with Crippen LogP contribution in [0, 0.1) is 6.92 Å². The molecule has 0 saturated heterocycles. The van der Waals surface area contributed by atoms with Crippen LogP contribution in [0.5, 0.6) is 0 Å². The molecule has 1 aromatic carbocycles. The van der Waals surface area contributed by atoms with Crippen LogP contribution in [0.25, 0.3) is 0 Å². The fraction of sp³-hybridized carbons (Fsp3) is 0.200. The predicted molar refractivity (Wildman–Crippen MR) is 75.7 cm³/mol. The van der Waals surface area contributed by atoms with Gasteiger partial charge in [-0.3, -0.25) is 14.6 Å². The molecule has 1 amide bonds. The number of rotatable bonds is 5. The van der Waals surface area contributed by atoms with Gasteiger partial charge in [0.25, 0.3) is 5.91 Å². The van der Waals surface area contributed by atoms with Gasteiger partial charge in [-0.2, -0.15) is 0 Å². The van der Waals surface area contributed by atoms with Crippen molar-refractivity contribution in [3.63, 3.8) is 0 Å². The molecule has 2 N–H and O–H groups in total. The van der Waals surface area contributed by atoms with E-state index in [1.54, 1.807) is 31.2 Å². The van der Waals surface area contributed by atoms with Crippen molar-refractivity contribution in [1.29, 1.82) is 0 Å². The number of amides is 1. The highest BCUT2D eigenvalue weighted by Gasteiger charge is 2.10. The largest absolute Gasteiger partial charge is 0.481 e. The van der Waals surface area contributed by atoms with Crippen molar-refractivity contribution in [2.24, 2.45) is 0 Å². The predicted octanol–water partition coefficient (Wildman–Crippen LogP) is 1.34. The summed E-state index contributed by atoms with van der Waals surface area (Å²) in [5, 5.41) is 11.6. The van der Waals surface area contributed by atoms with Crippen LogP contribution >= 0.6 is 0 Å². The topological polar surface area (TPSA) is 92.2 Å². The number of hydrogen-bond donors (Lipinski definition) is 2. The molecule has 2 aromatic rings. The van der Waals surface area contributed by atoms with E-state index >= 15 is 0 Å². The zero-order chi connectivity index (χ0) is 15.2. The van der Waals surface area contributed by atoms with Crippen LogP contribution in [0.4, 0.5) is 0 Å². The first-order valence-electron chi connectivity index (χ1n) is 6.41. The van der Waals surface area contributed by atoms with Crippen molar-refractivity contribution in [2.45, 2.75) is 19.9 Å². The van der Waals surface area contributed by atoms with Gasteiger partial charge in [0.1, 0.15) is 5.69 Å². The summed E-state index contributed by atoms with van der Waals surface area (Å²) in [7, 11) is 0. The van der Waals surface area contributed by atoms with Crippen molar-refractivity contribution in [2.75, 3.05) is 0 Å². The van der Waals surface area contributed by atoms with E-state index in [0.29, 0.717) is 5.56 Å². The Morgan fingerprint density at radius 2 is 1.86 bits per heavy atom. The maximum absolute atomic E-state index is 11.9. The Morgan fingerprint density at radius 1 is 1.14 bits per heavy atom. The summed E-state index contributed by atoms with van der Waals surface area (Å²) in [4.78, 5) is 30.7. The van der Waals surface area contributed by atoms with Crippen LogP contribution in [0.15, 0.2) is 36.7 Å². The van der Waals surface area contributed by atoms with Gasteiger partial charge in [-0.15, -0.1) is 0 Å². The maximum atomic E-state index is 11.9. The molecule has 0 radical (unpaired) electrons. The van der Waals surface area contributed by atoms with Gasteiger partial charge < -0.3 is 10.4 Å². The lowest BCUT2D eigenvalue weighted by Crippen LogP contribution is -2.24. The van der Waals surface area contributed by atoms with E-state index in [-0.39, 0.29) is 24.6 Å². The number of hydrogen-bond acceptors (Lipinski definition) is 4. The van der Waals surface area contributed by atoms with Gasteiger partial charge in [0.15, 0.2) is 0 Å². The zero-order valence-corrected chi connectivity index (χ0v) is 11.5. The van der Waals surface area contributed by atoms with Crippen molar-refractivity contribution in [3.05, 3.63) is 59.2 Å². The average molecular weight is 285 g/mol. The Labute approximate surface area is 121 Å². The number of benzene rings is 1. The number of aliphatic carboxylic acids is 1. The minimum atomic E-state index is -0.904. The van der Waals surface area contributed by atoms with Gasteiger partial charge in [-0.25, -0.2) is 4.98 Å². The maximum Gasteiger partial charge on any atom is 0.307 e. The lowest BCUT2D eigenvalue weighted by atomic mass is 10.0. The summed E-state index contributed by atoms with van der Waals surface area (Å²) in [5.41, 5.74) is 2.42. The first-order valence-corrected chi connectivity index (χ1v) is 6.41. The number of carbonyl (C=O) groups excluding carboxylic acids is 1. The van der Waals surface area contributed by atoms with E-state index in [1.807, 2.05) is 0 Å². The van der Waals surface area contributed by atoms with Gasteiger partial charge in [-0.05, 0) is 18.1 Å². The lowest BCUT2D eigenvalue weighted by molar-refractivity contribution is -0.136. The van der Waals surface area contributed by atoms with Crippen LogP contribution < -0.4 is 5.32 Å². The van der Waals surface area contributed by atoms with Crippen LogP contribution in [-0.4, -0.2) is 27.0 Å². The van der Waals surface area contributed by atoms with Crippen LogP contribution in [0.3, 0.4) is 0 Å². The van der Waals surface area contributed by atoms with Crippen molar-refractivity contribution >= 4 is 11.9 Å². The number of aryl methyl sites for hydroxylation is 1. The van der Waals surface area contributed by atoms with E-state index < -0.39 is 5.97 Å². The van der Waals surface area contributed by atoms with Gasteiger partial charge in [0.05, 0.1) is 18.3 Å². The second-order valence-electron chi connectivity index (χ2n) is 4.56. The number of carboxylic acid groups (broad SMARTS) is 1. The molecule has 21 heavy (non-hydrogen) atoms. The molecular formula is C15H15N3O3. The minimum Gasteiger partial charge on any atom is -0.481 e. The van der Waals surface area contributed by atoms with Gasteiger partial charge in [-0.1, -0.05) is 24.3 Å². The summed E-state index contributed by atoms with van der Waals surface area (Å²) in [5.74, 6) is -1.24. The summed E-state index contributed by atoms with van der Waals surface area (Å²) in [6, 6.07) is 7.11. The van der Waals surface area contributed by atoms with Crippen LogP contribution in [-0.2, 0) is 17.8 Å². The molecule has 1 heterocycles. The Morgan fingerprint density at radius 3 is 2.48 bits per heavy atom. The SMILES string of the molecule is Cc1cnc(C(=O)NCc2ccccc2CC(=O)O)cn1. The van der Waals surface area contributed by atoms with Crippen molar-refractivity contribution in [3.8, 4) is 0 Å². The fourth-order valence-electron chi connectivity index (χ4n) is 1.84. The van der Waals surface area contributed by atoms with E-state index in [9.17, 15) is 9.59 Å². The number of carbonyl (C=O) groups is 2. The quantitative estimate of drug-likeness (QED) is 0.865. The third kappa shape index (κ3) is 4.10. The smallest absolute Gasteiger partial charge is 0.307 e. The molecule has 6 nitrogen and oxygen atoms in total. The number of nitrogens with one attached hydrogen (secondary N) is 1. The zero-order valence-electron chi connectivity index (χ0n) is 11.5. The van der Waals surface area contributed by atoms with E-state index in [1.165, 1.54) is 12.4 Å². The minimum absolute atomic E-state index is 0.0730. The number of carboxylic acids is 1. The summed E-state index contributed by atoms with van der Waals surface area (Å²) in [6.45, 7) is 2.04. The highest BCUT2D eigenvalue weighted by molar-refractivity contribution is 5.91. The second kappa shape index (κ2) is 6.60. The van der Waals surface area contributed by atoms with E-state index in [2.05, 4.69) is 15.3 Å². The first-order chi connectivity index (χ1) is 10.1. The Hall–Kier alpha value is -2.76. The normalized spacial score (nSPS) is 10.1. The molecule has 0 unspecified atom stereocenters. The molecule has 0 spiro atoms. The Bertz CT molecular complexity index is 653. The molecular weight excluding hydrogens is 270 g/mol. The van der Waals surface area contributed by atoms with Gasteiger partial charge in [0, 0.05) is 12.7 Å². The molecule has 0 fully saturated rings. The number of aromatic nitrogens is 2. The molecule has 0 aliphatic heterocycles. The summed E-state index contributed by atoms with van der Waals surface area (Å²) >= 11 is 0. The molecule has 0 aliphatic carbocycles. The first kappa shape index (κ1) is 14.6. The van der Waals surface area contributed by atoms with E-state index in [4.69, 9.17) is 5.11 Å². The lowest BCUT2D eigenvalue weighted by Gasteiger charge is -2.09. The van der Waals surface area contributed by atoms with Crippen molar-refractivity contribution in [1.82, 2.24) is 15.3 Å². The van der Waals surface area contributed by atoms with Crippen LogP contribution in [0.1, 0.15) is 27.3 Å². The monoisotopic (exact) mass is 285 g/mol. The molecule has 6 heteroatoms. The number of nitrogens with zero attached hydrogens (tertiary/aromatic N) is 2. The fourth-order valence-corrected chi connectivity index (χ4v) is 1.84. The molecule has 0 bridgehead atoms. The molecule has 1 aromatic heterocycles. The second-order valence-corrected chi connectivity index (χ2v) is 4.56. The molecule has 2 rings (SSSR count). The molecule has 0 saturated carbocycles. The highest BCUT2D eigenvalue weighted by atomic mass is 16.4. The summed E-state index contributed by atoms with van der Waals surface area (Å²) in [6.07, 6.45) is 2.86. The average Bonchev–Trinajstić information content (AvgIpc) is 2.46. The van der Waals surface area contributed by atoms with Crippen molar-refractivity contribution < 1.29 is 14.7 Å². The van der Waals surface area contributed by atoms with Gasteiger partial charge in [0.2, 0.25) is 0 Å². The molecule has 108 valence electrons. The third-order valence-corrected chi connectivity index (χ3v) is 2.91. The van der Waals surface area contributed by atoms with E-state index in [0.717, 1.165) is 11.3 Å². The Balaban J connectivity index is 2.04. The van der Waals surface area contributed by atoms with Crippen LogP contribution in [0.2, 0.25) is 0 Å². The standard InChI is InChI=1S/C15H15N3O3/c1-10-7-17-13(9-16-10)15(21)18-8-12-5-3-2-4-11(12)6-14(19)20/h2-5,7,9H,6,8H2,1H3,(H,18,21)(H,19,20). The molecule has 0 aliphatic rings. The van der Waals surface area contributed by atoms with Gasteiger partial charge >= 0.3 is 5.97 Å². The molecule has 0 atom stereocenters. The Kier molecular flexibility index (Phi) is 4.61. The third-order valence-electron chi connectivity index (χ3n) is 2.91. The highest BCUT2D eigenvalue weighted by Crippen LogP contribution is 2.09. The summed E-state index contributed by atoms with van der Waals surface area (Å²) < 4.78 is 0.